The van der Waals surface area contributed by atoms with Crippen molar-refractivity contribution >= 4 is 11.7 Å². The molecule has 0 aliphatic rings. The summed E-state index contributed by atoms with van der Waals surface area (Å²) in [6.45, 7) is 2.42. The van der Waals surface area contributed by atoms with Gasteiger partial charge in [0.2, 0.25) is 0 Å². The van der Waals surface area contributed by atoms with Gasteiger partial charge in [-0.1, -0.05) is 19.1 Å². The highest BCUT2D eigenvalue weighted by Gasteiger charge is 2.16. The van der Waals surface area contributed by atoms with Gasteiger partial charge in [-0.3, -0.25) is 5.43 Å². The molecule has 0 heterocycles. The first-order chi connectivity index (χ1) is 8.15. The maximum atomic E-state index is 11.4. The van der Waals surface area contributed by atoms with E-state index in [2.05, 4.69) is 0 Å². The van der Waals surface area contributed by atoms with Crippen molar-refractivity contribution in [1.29, 1.82) is 0 Å². The Morgan fingerprint density at radius 3 is 2.76 bits per heavy atom. The second-order valence-corrected chi connectivity index (χ2v) is 3.52. The molecule has 0 fully saturated rings. The van der Waals surface area contributed by atoms with Gasteiger partial charge in [-0.15, -0.1) is 0 Å². The van der Waals surface area contributed by atoms with E-state index in [-0.39, 0.29) is 0 Å². The van der Waals surface area contributed by atoms with Crippen LogP contribution in [0.15, 0.2) is 18.2 Å². The van der Waals surface area contributed by atoms with Crippen molar-refractivity contribution in [2.75, 3.05) is 12.1 Å². The number of anilines is 1. The summed E-state index contributed by atoms with van der Waals surface area (Å²) in [5, 5.41) is 0.980. The Morgan fingerprint density at radius 2 is 2.24 bits per heavy atom. The third-order valence-electron chi connectivity index (χ3n) is 2.52. The molecule has 6 heteroatoms. The molecule has 0 radical (unpaired) electrons. The largest absolute Gasteiger partial charge is 0.380 e. The highest BCUT2D eigenvalue weighted by atomic mass is 16.5. The van der Waals surface area contributed by atoms with Crippen molar-refractivity contribution in [2.45, 2.75) is 20.0 Å². The van der Waals surface area contributed by atoms with Gasteiger partial charge in [-0.05, 0) is 18.1 Å². The summed E-state index contributed by atoms with van der Waals surface area (Å²) in [6, 6.07) is 5.00. The van der Waals surface area contributed by atoms with E-state index in [1.807, 2.05) is 24.5 Å². The number of ether oxygens (including phenoxy) is 1. The first-order valence-electron chi connectivity index (χ1n) is 5.30. The first-order valence-corrected chi connectivity index (χ1v) is 5.30. The first kappa shape index (κ1) is 13.4. The van der Waals surface area contributed by atoms with Crippen molar-refractivity contribution in [3.8, 4) is 0 Å². The Kier molecular flexibility index (Phi) is 4.89. The van der Waals surface area contributed by atoms with Gasteiger partial charge in [0.1, 0.15) is 0 Å². The van der Waals surface area contributed by atoms with E-state index in [1.165, 1.54) is 0 Å². The number of hydrazine groups is 2. The van der Waals surface area contributed by atoms with Crippen LogP contribution in [0.2, 0.25) is 0 Å². The average molecular weight is 238 g/mol. The zero-order chi connectivity index (χ0) is 12.8. The fourth-order valence-electron chi connectivity index (χ4n) is 1.67. The molecule has 0 aliphatic heterocycles. The minimum absolute atomic E-state index is 0.394. The molecule has 6 nitrogen and oxygen atoms in total. The van der Waals surface area contributed by atoms with Crippen LogP contribution in [0.5, 0.6) is 0 Å². The standard InChI is InChI=1S/C11H18N4O2/c1-3-8-5-4-6-10(9(8)7-17-2)15(13)11(16)14-12/h4-6H,3,7,12-13H2,1-2H3,(H,14,16). The lowest BCUT2D eigenvalue weighted by molar-refractivity contribution is 0.184. The Bertz CT molecular complexity index is 395. The number of amides is 2. The van der Waals surface area contributed by atoms with Gasteiger partial charge in [0.25, 0.3) is 0 Å². The van der Waals surface area contributed by atoms with Crippen molar-refractivity contribution in [1.82, 2.24) is 5.43 Å². The minimum atomic E-state index is -0.574. The third kappa shape index (κ3) is 2.94. The van der Waals surface area contributed by atoms with Gasteiger partial charge < -0.3 is 4.74 Å². The molecule has 0 bridgehead atoms. The van der Waals surface area contributed by atoms with Gasteiger partial charge in [0.05, 0.1) is 12.3 Å². The highest BCUT2D eigenvalue weighted by molar-refractivity contribution is 5.91. The Hall–Kier alpha value is -1.63. The van der Waals surface area contributed by atoms with Crippen LogP contribution in [0.4, 0.5) is 10.5 Å². The number of hydrogen-bond acceptors (Lipinski definition) is 4. The van der Waals surface area contributed by atoms with Crippen LogP contribution >= 0.6 is 0 Å². The third-order valence-corrected chi connectivity index (χ3v) is 2.52. The summed E-state index contributed by atoms with van der Waals surface area (Å²) in [5.74, 6) is 10.7. The van der Waals surface area contributed by atoms with Crippen LogP contribution in [0, 0.1) is 0 Å². The summed E-state index contributed by atoms with van der Waals surface area (Å²) in [4.78, 5) is 11.4. The molecule has 0 aromatic heterocycles. The lowest BCUT2D eigenvalue weighted by Gasteiger charge is -2.21. The van der Waals surface area contributed by atoms with Crippen molar-refractivity contribution in [3.05, 3.63) is 29.3 Å². The molecule has 17 heavy (non-hydrogen) atoms. The molecule has 5 N–H and O–H groups in total. The van der Waals surface area contributed by atoms with Gasteiger partial charge in [0.15, 0.2) is 0 Å². The fraction of sp³-hybridized carbons (Fsp3) is 0.364. The maximum absolute atomic E-state index is 11.4. The summed E-state index contributed by atoms with van der Waals surface area (Å²) >= 11 is 0. The number of nitrogens with one attached hydrogen (secondary N) is 1. The number of methoxy groups -OCH3 is 1. The SMILES string of the molecule is CCc1cccc(N(N)C(=O)NN)c1COC. The van der Waals surface area contributed by atoms with Crippen LogP contribution in [-0.2, 0) is 17.8 Å². The lowest BCUT2D eigenvalue weighted by atomic mass is 10.0. The molecule has 0 spiro atoms. The molecule has 0 unspecified atom stereocenters. The Balaban J connectivity index is 3.17. The number of aryl methyl sites for hydroxylation is 1. The summed E-state index contributed by atoms with van der Waals surface area (Å²) < 4.78 is 5.13. The maximum Gasteiger partial charge on any atom is 0.350 e. The van der Waals surface area contributed by atoms with E-state index in [0.29, 0.717) is 12.3 Å². The molecule has 0 aliphatic carbocycles. The van der Waals surface area contributed by atoms with Crippen molar-refractivity contribution < 1.29 is 9.53 Å². The predicted octanol–water partition coefficient (Wildman–Crippen LogP) is 0.659. The number of benzene rings is 1. The van der Waals surface area contributed by atoms with Crippen molar-refractivity contribution in [3.63, 3.8) is 0 Å². The number of hydrogen-bond donors (Lipinski definition) is 3. The van der Waals surface area contributed by atoms with E-state index in [1.54, 1.807) is 13.2 Å². The molecule has 0 saturated heterocycles. The van der Waals surface area contributed by atoms with Gasteiger partial charge in [-0.2, -0.15) is 0 Å². The quantitative estimate of drug-likeness (QED) is 0.408. The van der Waals surface area contributed by atoms with Crippen LogP contribution < -0.4 is 22.1 Å². The molecular formula is C11H18N4O2. The number of urea groups is 1. The number of nitrogens with two attached hydrogens (primary N) is 2. The molecule has 0 atom stereocenters. The van der Waals surface area contributed by atoms with Gasteiger partial charge in [0, 0.05) is 12.7 Å². The fourth-order valence-corrected chi connectivity index (χ4v) is 1.67. The Labute approximate surface area is 100 Å². The van der Waals surface area contributed by atoms with E-state index in [4.69, 9.17) is 16.4 Å². The van der Waals surface area contributed by atoms with E-state index in [0.717, 1.165) is 22.6 Å². The second-order valence-electron chi connectivity index (χ2n) is 3.52. The Morgan fingerprint density at radius 1 is 1.53 bits per heavy atom. The second kappa shape index (κ2) is 6.19. The number of carbonyl (C=O) groups excluding carboxylic acids is 1. The van der Waals surface area contributed by atoms with E-state index in [9.17, 15) is 4.79 Å². The predicted molar refractivity (Wildman–Crippen MR) is 65.9 cm³/mol. The summed E-state index contributed by atoms with van der Waals surface area (Å²) in [7, 11) is 1.60. The number of carbonyl (C=O) groups is 1. The number of nitrogens with zero attached hydrogens (tertiary/aromatic N) is 1. The lowest BCUT2D eigenvalue weighted by Crippen LogP contribution is -2.48. The smallest absolute Gasteiger partial charge is 0.350 e. The average Bonchev–Trinajstić information content (AvgIpc) is 2.37. The summed E-state index contributed by atoms with van der Waals surface area (Å²) in [6.07, 6.45) is 0.838. The molecule has 1 aromatic carbocycles. The minimum Gasteiger partial charge on any atom is -0.380 e. The molecule has 2 amide bonds. The molecule has 1 rings (SSSR count). The van der Waals surface area contributed by atoms with Crippen LogP contribution in [0.25, 0.3) is 0 Å². The molecule has 94 valence electrons. The number of rotatable bonds is 4. The van der Waals surface area contributed by atoms with Gasteiger partial charge >= 0.3 is 6.03 Å². The topological polar surface area (TPSA) is 93.6 Å². The van der Waals surface area contributed by atoms with Crippen LogP contribution in [-0.4, -0.2) is 13.1 Å². The van der Waals surface area contributed by atoms with Crippen molar-refractivity contribution in [2.24, 2.45) is 11.7 Å². The normalized spacial score (nSPS) is 10.1. The van der Waals surface area contributed by atoms with Gasteiger partial charge in [-0.25, -0.2) is 21.5 Å². The van der Waals surface area contributed by atoms with Crippen LogP contribution in [0.1, 0.15) is 18.1 Å². The van der Waals surface area contributed by atoms with E-state index >= 15 is 0 Å². The molecule has 0 saturated carbocycles. The highest BCUT2D eigenvalue weighted by Crippen LogP contribution is 2.23. The molecule has 1 aromatic rings. The zero-order valence-corrected chi connectivity index (χ0v) is 10.1. The molecular weight excluding hydrogens is 220 g/mol. The monoisotopic (exact) mass is 238 g/mol. The van der Waals surface area contributed by atoms with Crippen LogP contribution in [0.3, 0.4) is 0 Å². The zero-order valence-electron chi connectivity index (χ0n) is 10.1. The summed E-state index contributed by atoms with van der Waals surface area (Å²) in [5.41, 5.74) is 4.56. The van der Waals surface area contributed by atoms with E-state index < -0.39 is 6.03 Å².